The molecule has 3 aliphatic heterocycles. The van der Waals surface area contributed by atoms with Gasteiger partial charge in [0.2, 0.25) is 0 Å². The van der Waals surface area contributed by atoms with E-state index in [1.807, 2.05) is 0 Å². The highest BCUT2D eigenvalue weighted by Gasteiger charge is 2.43. The van der Waals surface area contributed by atoms with Crippen molar-refractivity contribution < 1.29 is 9.47 Å². The fraction of sp³-hybridized carbons (Fsp3) is 0.700. The SMILES string of the molecule is c1ccc(CN2CCOCC3(CCN(C4CCOCC4)C3)C2)cc1. The Balaban J connectivity index is 1.40. The summed E-state index contributed by atoms with van der Waals surface area (Å²) in [6.07, 6.45) is 3.67. The van der Waals surface area contributed by atoms with Crippen molar-refractivity contribution in [3.63, 3.8) is 0 Å². The van der Waals surface area contributed by atoms with E-state index in [2.05, 4.69) is 40.1 Å². The van der Waals surface area contributed by atoms with E-state index >= 15 is 0 Å². The van der Waals surface area contributed by atoms with E-state index in [-0.39, 0.29) is 0 Å². The number of ether oxygens (including phenoxy) is 2. The first kappa shape index (κ1) is 16.5. The summed E-state index contributed by atoms with van der Waals surface area (Å²) in [5, 5.41) is 0. The molecular weight excluding hydrogens is 300 g/mol. The van der Waals surface area contributed by atoms with Crippen molar-refractivity contribution in [1.82, 2.24) is 9.80 Å². The lowest BCUT2D eigenvalue weighted by atomic mass is 9.87. The van der Waals surface area contributed by atoms with Gasteiger partial charge in [-0.2, -0.15) is 0 Å². The van der Waals surface area contributed by atoms with Crippen LogP contribution in [0.15, 0.2) is 30.3 Å². The fourth-order valence-electron chi connectivity index (χ4n) is 4.64. The summed E-state index contributed by atoms with van der Waals surface area (Å²) in [4.78, 5) is 5.33. The van der Waals surface area contributed by atoms with Crippen molar-refractivity contribution in [3.05, 3.63) is 35.9 Å². The molecule has 3 saturated heterocycles. The Labute approximate surface area is 145 Å². The third-order valence-corrected chi connectivity index (χ3v) is 5.94. The molecule has 24 heavy (non-hydrogen) atoms. The number of hydrogen-bond acceptors (Lipinski definition) is 4. The molecule has 4 nitrogen and oxygen atoms in total. The molecule has 1 atom stereocenters. The summed E-state index contributed by atoms with van der Waals surface area (Å²) in [5.74, 6) is 0. The van der Waals surface area contributed by atoms with Crippen molar-refractivity contribution >= 4 is 0 Å². The highest BCUT2D eigenvalue weighted by molar-refractivity contribution is 5.14. The Morgan fingerprint density at radius 3 is 2.62 bits per heavy atom. The van der Waals surface area contributed by atoms with Crippen molar-refractivity contribution in [1.29, 1.82) is 0 Å². The van der Waals surface area contributed by atoms with Gasteiger partial charge in [-0.25, -0.2) is 0 Å². The molecule has 1 aromatic rings. The molecule has 3 fully saturated rings. The maximum atomic E-state index is 6.04. The fourth-order valence-corrected chi connectivity index (χ4v) is 4.64. The molecule has 3 heterocycles. The van der Waals surface area contributed by atoms with E-state index in [0.29, 0.717) is 5.41 Å². The van der Waals surface area contributed by atoms with Gasteiger partial charge in [0.1, 0.15) is 0 Å². The van der Waals surface area contributed by atoms with Gasteiger partial charge in [0.05, 0.1) is 13.2 Å². The number of benzene rings is 1. The highest BCUT2D eigenvalue weighted by Crippen LogP contribution is 2.36. The summed E-state index contributed by atoms with van der Waals surface area (Å²) in [6, 6.07) is 11.6. The molecule has 0 radical (unpaired) electrons. The topological polar surface area (TPSA) is 24.9 Å². The monoisotopic (exact) mass is 330 g/mol. The van der Waals surface area contributed by atoms with Crippen LogP contribution in [-0.4, -0.2) is 68.4 Å². The van der Waals surface area contributed by atoms with Crippen LogP contribution in [0.3, 0.4) is 0 Å². The summed E-state index contributed by atoms with van der Waals surface area (Å²) >= 11 is 0. The van der Waals surface area contributed by atoms with Crippen LogP contribution in [0.1, 0.15) is 24.8 Å². The van der Waals surface area contributed by atoms with E-state index < -0.39 is 0 Å². The van der Waals surface area contributed by atoms with Gasteiger partial charge in [-0.3, -0.25) is 9.80 Å². The van der Waals surface area contributed by atoms with Crippen LogP contribution < -0.4 is 0 Å². The number of likely N-dealkylation sites (tertiary alicyclic amines) is 1. The minimum Gasteiger partial charge on any atom is -0.381 e. The van der Waals surface area contributed by atoms with E-state index in [9.17, 15) is 0 Å². The van der Waals surface area contributed by atoms with Crippen molar-refractivity contribution in [2.75, 3.05) is 52.6 Å². The first-order valence-corrected chi connectivity index (χ1v) is 9.49. The van der Waals surface area contributed by atoms with E-state index in [1.165, 1.54) is 44.5 Å². The molecule has 0 aromatic heterocycles. The minimum atomic E-state index is 0.323. The Bertz CT molecular complexity index is 518. The first-order chi connectivity index (χ1) is 11.8. The van der Waals surface area contributed by atoms with E-state index in [0.717, 1.165) is 45.6 Å². The Morgan fingerprint density at radius 2 is 1.79 bits per heavy atom. The molecule has 132 valence electrons. The average Bonchev–Trinajstić information content (AvgIpc) is 2.94. The van der Waals surface area contributed by atoms with Gasteiger partial charge in [-0.15, -0.1) is 0 Å². The molecule has 1 aromatic carbocycles. The van der Waals surface area contributed by atoms with Gasteiger partial charge < -0.3 is 9.47 Å². The molecule has 1 spiro atoms. The molecule has 3 aliphatic rings. The zero-order valence-corrected chi connectivity index (χ0v) is 14.7. The van der Waals surface area contributed by atoms with Crippen molar-refractivity contribution in [3.8, 4) is 0 Å². The van der Waals surface area contributed by atoms with Gasteiger partial charge in [-0.1, -0.05) is 30.3 Å². The lowest BCUT2D eigenvalue weighted by Gasteiger charge is -2.35. The standard InChI is InChI=1S/C20H30N2O2/c1-2-4-18(5-3-1)14-21-10-13-24-17-20(15-21)8-9-22(16-20)19-6-11-23-12-7-19/h1-5,19H,6-17H2. The third kappa shape index (κ3) is 3.83. The number of rotatable bonds is 3. The van der Waals surface area contributed by atoms with E-state index in [1.54, 1.807) is 0 Å². The van der Waals surface area contributed by atoms with Crippen LogP contribution in [0.4, 0.5) is 0 Å². The Kier molecular flexibility index (Phi) is 5.18. The van der Waals surface area contributed by atoms with Crippen LogP contribution in [-0.2, 0) is 16.0 Å². The van der Waals surface area contributed by atoms with Gasteiger partial charge >= 0.3 is 0 Å². The maximum Gasteiger partial charge on any atom is 0.0593 e. The summed E-state index contributed by atoms with van der Waals surface area (Å²) in [6.45, 7) is 9.36. The van der Waals surface area contributed by atoms with Crippen LogP contribution in [0.25, 0.3) is 0 Å². The molecule has 0 N–H and O–H groups in total. The van der Waals surface area contributed by atoms with Crippen molar-refractivity contribution in [2.24, 2.45) is 5.41 Å². The summed E-state index contributed by atoms with van der Waals surface area (Å²) in [5.41, 5.74) is 1.73. The molecule has 4 heteroatoms. The van der Waals surface area contributed by atoms with Crippen LogP contribution >= 0.6 is 0 Å². The highest BCUT2D eigenvalue weighted by atomic mass is 16.5. The Hall–Kier alpha value is -0.940. The summed E-state index contributed by atoms with van der Waals surface area (Å²) < 4.78 is 11.6. The largest absolute Gasteiger partial charge is 0.381 e. The average molecular weight is 330 g/mol. The van der Waals surface area contributed by atoms with Gasteiger partial charge in [0.25, 0.3) is 0 Å². The predicted octanol–water partition coefficient (Wildman–Crippen LogP) is 2.39. The molecule has 1 unspecified atom stereocenters. The van der Waals surface area contributed by atoms with Crippen LogP contribution in [0.2, 0.25) is 0 Å². The van der Waals surface area contributed by atoms with Crippen LogP contribution in [0.5, 0.6) is 0 Å². The quantitative estimate of drug-likeness (QED) is 0.850. The molecule has 0 amide bonds. The molecular formula is C20H30N2O2. The third-order valence-electron chi connectivity index (χ3n) is 5.94. The predicted molar refractivity (Wildman–Crippen MR) is 95.0 cm³/mol. The van der Waals surface area contributed by atoms with Gasteiger partial charge in [-0.05, 0) is 31.4 Å². The molecule has 0 saturated carbocycles. The zero-order chi connectivity index (χ0) is 16.2. The molecule has 4 rings (SSSR count). The normalized spacial score (nSPS) is 30.7. The molecule has 0 aliphatic carbocycles. The second-order valence-electron chi connectivity index (χ2n) is 7.81. The zero-order valence-electron chi connectivity index (χ0n) is 14.7. The maximum absolute atomic E-state index is 6.04. The first-order valence-electron chi connectivity index (χ1n) is 9.49. The Morgan fingerprint density at radius 1 is 0.958 bits per heavy atom. The van der Waals surface area contributed by atoms with Gasteiger partial charge in [0.15, 0.2) is 0 Å². The van der Waals surface area contributed by atoms with E-state index in [4.69, 9.17) is 9.47 Å². The smallest absolute Gasteiger partial charge is 0.0593 e. The summed E-state index contributed by atoms with van der Waals surface area (Å²) in [7, 11) is 0. The lowest BCUT2D eigenvalue weighted by molar-refractivity contribution is 0.0284. The van der Waals surface area contributed by atoms with Gasteiger partial charge in [0, 0.05) is 50.8 Å². The molecule has 0 bridgehead atoms. The number of nitrogens with zero attached hydrogens (tertiary/aromatic N) is 2. The second-order valence-corrected chi connectivity index (χ2v) is 7.81. The van der Waals surface area contributed by atoms with Crippen LogP contribution in [0, 0.1) is 5.41 Å². The second kappa shape index (κ2) is 7.52. The van der Waals surface area contributed by atoms with Crippen molar-refractivity contribution in [2.45, 2.75) is 31.8 Å². The number of hydrogen-bond donors (Lipinski definition) is 0. The lowest BCUT2D eigenvalue weighted by Crippen LogP contribution is -2.43. The minimum absolute atomic E-state index is 0.323.